The Balaban J connectivity index is 1.58. The molecular formula is C66H110N16O15S. The van der Waals surface area contributed by atoms with E-state index in [-0.39, 0.29) is 117 Å². The van der Waals surface area contributed by atoms with Gasteiger partial charge in [0.2, 0.25) is 66.8 Å². The van der Waals surface area contributed by atoms with Gasteiger partial charge in [-0.15, -0.1) is 0 Å². The summed E-state index contributed by atoms with van der Waals surface area (Å²) < 4.78 is 22.1. The Bertz CT molecular complexity index is 2840. The normalized spacial score (nSPS) is 12.2. The highest BCUT2D eigenvalue weighted by molar-refractivity contribution is 7.80. The third kappa shape index (κ3) is 30.3. The Labute approximate surface area is 581 Å². The molecule has 31 nitrogen and oxygen atoms in total. The van der Waals surface area contributed by atoms with Crippen LogP contribution in [0.15, 0.2) is 36.4 Å². The number of rotatable bonds is 52. The highest BCUT2D eigenvalue weighted by atomic mass is 32.1. The Morgan fingerprint density at radius 3 is 1.12 bits per heavy atom. The average Bonchev–Trinajstić information content (AvgIpc) is 1.49. The number of carboxylic acids is 1. The molecule has 15 N–H and O–H groups in total. The van der Waals surface area contributed by atoms with Crippen molar-refractivity contribution in [3.8, 4) is 23.0 Å². The van der Waals surface area contributed by atoms with Gasteiger partial charge in [0.15, 0.2) is 23.0 Å². The van der Waals surface area contributed by atoms with E-state index < -0.39 is 118 Å². The van der Waals surface area contributed by atoms with E-state index in [1.807, 2.05) is 26.0 Å². The molecule has 4 rings (SSSR count). The summed E-state index contributed by atoms with van der Waals surface area (Å²) in [4.78, 5) is 152. The number of aliphatic carboxylic acids is 1. The third-order valence-electron chi connectivity index (χ3n) is 16.2. The molecule has 0 fully saturated rings. The van der Waals surface area contributed by atoms with Gasteiger partial charge in [-0.2, -0.15) is 12.6 Å². The molecule has 2 aliphatic rings. The molecule has 0 saturated heterocycles. The first kappa shape index (κ1) is 82.8. The Morgan fingerprint density at radius 2 is 0.765 bits per heavy atom. The van der Waals surface area contributed by atoms with Gasteiger partial charge in [0.25, 0.3) is 0 Å². The number of nitrogens with two attached hydrogens (primary N) is 6. The second-order valence-corrected chi connectivity index (χ2v) is 25.2. The minimum absolute atomic E-state index is 0.00158. The average molecular weight is 1400 g/mol. The van der Waals surface area contributed by atoms with Gasteiger partial charge in [0, 0.05) is 58.9 Å². The number of unbranched alkanes of at least 4 members (excludes halogenated alkanes) is 6. The fourth-order valence-electron chi connectivity index (χ4n) is 10.7. The summed E-state index contributed by atoms with van der Waals surface area (Å²) in [6.07, 6.45) is 5.42. The quantitative estimate of drug-likeness (QED) is 0.0282. The Hall–Kier alpha value is -7.59. The lowest BCUT2D eigenvalue weighted by Gasteiger charge is -2.33. The number of amides is 9. The zero-order valence-corrected chi connectivity index (χ0v) is 58.4. The van der Waals surface area contributed by atoms with Crippen LogP contribution < -0.4 is 64.0 Å². The van der Waals surface area contributed by atoms with Crippen molar-refractivity contribution in [3.05, 3.63) is 47.5 Å². The molecule has 2 heterocycles. The van der Waals surface area contributed by atoms with Crippen LogP contribution in [0, 0.1) is 5.92 Å². The van der Waals surface area contributed by atoms with Gasteiger partial charge in [-0.3, -0.25) is 43.2 Å². The van der Waals surface area contributed by atoms with Crippen molar-refractivity contribution in [2.75, 3.05) is 163 Å². The van der Waals surface area contributed by atoms with Crippen LogP contribution in [0.3, 0.4) is 0 Å². The molecule has 9 amide bonds. The van der Waals surface area contributed by atoms with Crippen LogP contribution in [-0.4, -0.2) is 273 Å². The van der Waals surface area contributed by atoms with Crippen molar-refractivity contribution in [2.24, 2.45) is 40.3 Å². The molecule has 2 aromatic rings. The van der Waals surface area contributed by atoms with Gasteiger partial charge in [-0.1, -0.05) is 26.0 Å². The van der Waals surface area contributed by atoms with Gasteiger partial charge in [-0.05, 0) is 170 Å². The molecule has 0 spiro atoms. The molecule has 0 bridgehead atoms. The SMILES string of the molecule is CC(C)CN(CC(=O)N(CCCCN)CC(=O)NC(CCS)C(=O)O)C(=O)CN(CCCCN)C(=O)CN(CCCCN)C(=O)CN(CCCCN)C(=O)CN(CCCCN)C(=O)CN(CCCCN)C(=O)CN(Cc1ccc2c(c1)OCO2)C(=O)CNCc1ccc2c(c1)OCO2. The van der Waals surface area contributed by atoms with Crippen molar-refractivity contribution < 1.29 is 72.0 Å². The van der Waals surface area contributed by atoms with E-state index in [0.29, 0.717) is 125 Å². The first-order valence-electron chi connectivity index (χ1n) is 34.2. The summed E-state index contributed by atoms with van der Waals surface area (Å²) in [5.74, 6) is -4.19. The lowest BCUT2D eigenvalue weighted by Crippen LogP contribution is -2.53. The third-order valence-corrected chi connectivity index (χ3v) is 16.5. The van der Waals surface area contributed by atoms with Gasteiger partial charge < -0.3 is 108 Å². The van der Waals surface area contributed by atoms with Crippen molar-refractivity contribution in [1.82, 2.24) is 49.8 Å². The lowest BCUT2D eigenvalue weighted by atomic mass is 10.1. The number of nitrogens with zero attached hydrogens (tertiary/aromatic N) is 8. The zero-order chi connectivity index (χ0) is 71.8. The highest BCUT2D eigenvalue weighted by Gasteiger charge is 2.32. The first-order valence-corrected chi connectivity index (χ1v) is 34.9. The van der Waals surface area contributed by atoms with Crippen LogP contribution in [0.5, 0.6) is 23.0 Å². The largest absolute Gasteiger partial charge is 0.480 e. The van der Waals surface area contributed by atoms with Crippen molar-refractivity contribution in [1.29, 1.82) is 0 Å². The fraction of sp³-hybridized carbons (Fsp3) is 0.667. The van der Waals surface area contributed by atoms with Crippen LogP contribution in [0.2, 0.25) is 0 Å². The van der Waals surface area contributed by atoms with Gasteiger partial charge >= 0.3 is 5.97 Å². The van der Waals surface area contributed by atoms with Crippen molar-refractivity contribution in [3.63, 3.8) is 0 Å². The van der Waals surface area contributed by atoms with Crippen LogP contribution >= 0.6 is 12.6 Å². The lowest BCUT2D eigenvalue weighted by molar-refractivity contribution is -0.149. The molecule has 2 aromatic carbocycles. The number of carboxylic acid groups (broad SMARTS) is 1. The van der Waals surface area contributed by atoms with E-state index in [1.165, 1.54) is 39.2 Å². The first-order chi connectivity index (χ1) is 47.2. The summed E-state index contributed by atoms with van der Waals surface area (Å²) in [6.45, 7) is 2.43. The smallest absolute Gasteiger partial charge is 0.326 e. The van der Waals surface area contributed by atoms with E-state index in [9.17, 15) is 53.1 Å². The summed E-state index contributed by atoms with van der Waals surface area (Å²) in [7, 11) is 0. The molecule has 1 unspecified atom stereocenters. The maximum absolute atomic E-state index is 14.8. The zero-order valence-electron chi connectivity index (χ0n) is 57.6. The molecule has 1 atom stereocenters. The van der Waals surface area contributed by atoms with E-state index in [1.54, 1.807) is 24.3 Å². The number of nitrogens with one attached hydrogen (secondary N) is 2. The van der Waals surface area contributed by atoms with Crippen molar-refractivity contribution >= 4 is 71.8 Å². The van der Waals surface area contributed by atoms with Crippen LogP contribution in [0.1, 0.15) is 108 Å². The Kier molecular flexibility index (Phi) is 39.4. The minimum Gasteiger partial charge on any atom is -0.480 e. The summed E-state index contributed by atoms with van der Waals surface area (Å²) >= 11 is 4.10. The molecule has 2 aliphatic heterocycles. The van der Waals surface area contributed by atoms with E-state index in [0.717, 1.165) is 5.56 Å². The number of hydrogen-bond donors (Lipinski definition) is 10. The van der Waals surface area contributed by atoms with Crippen molar-refractivity contribution in [2.45, 2.75) is 116 Å². The molecule has 32 heteroatoms. The predicted octanol–water partition coefficient (Wildman–Crippen LogP) is -0.959. The molecule has 550 valence electrons. The maximum Gasteiger partial charge on any atom is 0.326 e. The number of thiol groups is 1. The number of benzene rings is 2. The van der Waals surface area contributed by atoms with Gasteiger partial charge in [-0.25, -0.2) is 4.79 Å². The molecule has 0 aromatic heterocycles. The number of carbonyl (C=O) groups is 10. The molecule has 0 aliphatic carbocycles. The summed E-state index contributed by atoms with van der Waals surface area (Å²) in [5.41, 5.74) is 36.8. The molecule has 0 saturated carbocycles. The molecular weight excluding hydrogens is 1290 g/mol. The summed E-state index contributed by atoms with van der Waals surface area (Å²) in [5, 5.41) is 15.3. The highest BCUT2D eigenvalue weighted by Crippen LogP contribution is 2.34. The number of ether oxygens (including phenoxy) is 4. The van der Waals surface area contributed by atoms with Crippen LogP contribution in [0.25, 0.3) is 0 Å². The monoisotopic (exact) mass is 1400 g/mol. The Morgan fingerprint density at radius 1 is 0.439 bits per heavy atom. The summed E-state index contributed by atoms with van der Waals surface area (Å²) in [6, 6.07) is 9.46. The topological polar surface area (TPSA) is 434 Å². The van der Waals surface area contributed by atoms with Crippen LogP contribution in [0.4, 0.5) is 0 Å². The predicted molar refractivity (Wildman–Crippen MR) is 371 cm³/mol. The molecule has 0 radical (unpaired) electrons. The molecule has 98 heavy (non-hydrogen) atoms. The second-order valence-electron chi connectivity index (χ2n) is 24.7. The maximum atomic E-state index is 14.8. The van der Waals surface area contributed by atoms with E-state index >= 15 is 0 Å². The number of hydrogen-bond acceptors (Lipinski definition) is 22. The van der Waals surface area contributed by atoms with Gasteiger partial charge in [0.1, 0.15) is 12.6 Å². The van der Waals surface area contributed by atoms with Crippen LogP contribution in [-0.2, 0) is 61.0 Å². The second kappa shape index (κ2) is 46.6. The van der Waals surface area contributed by atoms with E-state index in [4.69, 9.17) is 53.3 Å². The van der Waals surface area contributed by atoms with Gasteiger partial charge in [0.05, 0.1) is 52.4 Å². The fourth-order valence-corrected chi connectivity index (χ4v) is 11.0. The van der Waals surface area contributed by atoms with E-state index in [2.05, 4.69) is 23.3 Å². The standard InChI is InChI=1S/C66H110N16O15S/c1-49(2)37-81(45-63(89)75(26-9-3-20-67)39-57(83)74-52(19-32-98)66(92)93)65(91)44-80(31-14-8-25-72)62(88)42-78(29-12-6-23-70)60(86)40-76(27-10-4-21-68)59(85)41-77(28-11-5-22-69)61(87)43-79(30-13-7-24-71)64(90)46-82(38-51-16-18-54-56(34-51)97-48-95-54)58(84)36-73-35-50-15-17-53-55(33-50)96-47-94-53/h15-18,33-34,49,52,73,98H,3-14,19-32,35-48,67-72H2,1-2H3,(H,74,83)(H,92,93). The number of fused-ring (bicyclic) bond motifs is 2. The minimum atomic E-state index is -1.26. The number of carbonyl (C=O) groups excluding carboxylic acids is 9.